The Balaban J connectivity index is 1.25. The van der Waals surface area contributed by atoms with Crippen molar-refractivity contribution in [1.82, 2.24) is 4.90 Å². The summed E-state index contributed by atoms with van der Waals surface area (Å²) in [6.45, 7) is 6.29. The van der Waals surface area contributed by atoms with Crippen molar-refractivity contribution in [3.63, 3.8) is 0 Å². The molecule has 0 radical (unpaired) electrons. The Morgan fingerprint density at radius 2 is 1.89 bits per heavy atom. The van der Waals surface area contributed by atoms with E-state index in [1.54, 1.807) is 18.2 Å². The van der Waals surface area contributed by atoms with Crippen molar-refractivity contribution in [2.24, 2.45) is 0 Å². The van der Waals surface area contributed by atoms with Crippen molar-refractivity contribution in [2.45, 2.75) is 25.2 Å². The molecule has 4 nitrogen and oxygen atoms in total. The molecule has 0 spiro atoms. The molecule has 27 heavy (non-hydrogen) atoms. The van der Waals surface area contributed by atoms with Crippen LogP contribution in [0.1, 0.15) is 29.0 Å². The number of hydrogen-bond acceptors (Lipinski definition) is 4. The van der Waals surface area contributed by atoms with Gasteiger partial charge in [0.2, 0.25) is 0 Å². The van der Waals surface area contributed by atoms with Gasteiger partial charge in [-0.15, -0.1) is 0 Å². The van der Waals surface area contributed by atoms with Crippen molar-refractivity contribution < 1.29 is 9.47 Å². The lowest BCUT2D eigenvalue weighted by atomic mass is 10.0. The minimum absolute atomic E-state index is 0.704. The van der Waals surface area contributed by atoms with E-state index >= 15 is 0 Å². The first-order chi connectivity index (χ1) is 13.3. The van der Waals surface area contributed by atoms with E-state index in [9.17, 15) is 0 Å². The van der Waals surface area contributed by atoms with Crippen LogP contribution in [-0.2, 0) is 12.8 Å². The number of fused-ring (bicyclic) bond motifs is 2. The van der Waals surface area contributed by atoms with E-state index in [0.29, 0.717) is 5.92 Å². The van der Waals surface area contributed by atoms with Crippen LogP contribution in [0.15, 0.2) is 36.4 Å². The number of benzene rings is 2. The quantitative estimate of drug-likeness (QED) is 0.829. The lowest BCUT2D eigenvalue weighted by molar-refractivity contribution is 0.241. The minimum atomic E-state index is 0.704. The van der Waals surface area contributed by atoms with E-state index in [1.807, 2.05) is 0 Å². The van der Waals surface area contributed by atoms with Crippen molar-refractivity contribution in [2.75, 3.05) is 51.3 Å². The lowest BCUT2D eigenvalue weighted by Crippen LogP contribution is -2.47. The number of nitrogens with zero attached hydrogens (tertiary/aromatic N) is 2. The van der Waals surface area contributed by atoms with Crippen molar-refractivity contribution in [1.29, 1.82) is 0 Å². The van der Waals surface area contributed by atoms with Crippen LogP contribution in [0.3, 0.4) is 0 Å². The van der Waals surface area contributed by atoms with Crippen LogP contribution in [-0.4, -0.2) is 51.3 Å². The summed E-state index contributed by atoms with van der Waals surface area (Å²) in [5.41, 5.74) is 5.60. The normalized spacial score (nSPS) is 21.7. The first-order valence-electron chi connectivity index (χ1n) is 10.2. The zero-order valence-electron chi connectivity index (χ0n) is 16.1. The Bertz CT molecular complexity index is 827. The van der Waals surface area contributed by atoms with Gasteiger partial charge in [0.25, 0.3) is 0 Å². The summed E-state index contributed by atoms with van der Waals surface area (Å²) in [5, 5.41) is 0. The molecule has 0 bridgehead atoms. The fourth-order valence-corrected chi connectivity index (χ4v) is 4.92. The first-order valence-corrected chi connectivity index (χ1v) is 10.2. The Morgan fingerprint density at radius 1 is 1.04 bits per heavy atom. The summed E-state index contributed by atoms with van der Waals surface area (Å²) in [6, 6.07) is 13.3. The third-order valence-electron chi connectivity index (χ3n) is 6.44. The molecule has 0 saturated carbocycles. The highest BCUT2D eigenvalue weighted by atomic mass is 16.5. The van der Waals surface area contributed by atoms with Crippen LogP contribution >= 0.6 is 0 Å². The van der Waals surface area contributed by atoms with Crippen molar-refractivity contribution >= 4 is 5.69 Å². The van der Waals surface area contributed by atoms with Crippen LogP contribution in [0.5, 0.6) is 11.5 Å². The van der Waals surface area contributed by atoms with Gasteiger partial charge in [0.1, 0.15) is 11.5 Å². The van der Waals surface area contributed by atoms with Gasteiger partial charge in [-0.05, 0) is 36.0 Å². The third kappa shape index (κ3) is 3.16. The highest BCUT2D eigenvalue weighted by molar-refractivity contribution is 5.65. The number of methoxy groups -OCH3 is 1. The molecule has 2 aromatic carbocycles. The zero-order valence-corrected chi connectivity index (χ0v) is 16.1. The van der Waals surface area contributed by atoms with E-state index in [0.717, 1.165) is 50.7 Å². The Hall–Kier alpha value is -2.20. The molecule has 142 valence electrons. The SMILES string of the molecule is COc1cc2c(cc1N1CCN(CC3CCc4ccccc43)CC1)OCC2. The van der Waals surface area contributed by atoms with Gasteiger partial charge < -0.3 is 14.4 Å². The van der Waals surface area contributed by atoms with Crippen LogP contribution in [0, 0.1) is 0 Å². The molecule has 3 aliphatic rings. The Morgan fingerprint density at radius 3 is 2.74 bits per heavy atom. The minimum Gasteiger partial charge on any atom is -0.495 e. The van der Waals surface area contributed by atoms with Gasteiger partial charge in [0.15, 0.2) is 0 Å². The Kier molecular flexibility index (Phi) is 4.44. The molecule has 0 aromatic heterocycles. The molecule has 5 rings (SSSR count). The summed E-state index contributed by atoms with van der Waals surface area (Å²) in [6.07, 6.45) is 3.53. The molecular formula is C23H28N2O2. The predicted octanol–water partition coefficient (Wildman–Crippen LogP) is 3.48. The van der Waals surface area contributed by atoms with E-state index in [1.165, 1.54) is 30.6 Å². The van der Waals surface area contributed by atoms with Crippen molar-refractivity contribution in [3.8, 4) is 11.5 Å². The molecule has 2 heterocycles. The second kappa shape index (κ2) is 7.08. The van der Waals surface area contributed by atoms with Gasteiger partial charge in [-0.3, -0.25) is 4.90 Å². The second-order valence-electron chi connectivity index (χ2n) is 7.95. The van der Waals surface area contributed by atoms with Crippen LogP contribution in [0.25, 0.3) is 0 Å². The highest BCUT2D eigenvalue weighted by Gasteiger charge is 2.27. The van der Waals surface area contributed by atoms with Crippen LogP contribution in [0.2, 0.25) is 0 Å². The topological polar surface area (TPSA) is 24.9 Å². The molecule has 2 aromatic rings. The summed E-state index contributed by atoms with van der Waals surface area (Å²) < 4.78 is 11.5. The zero-order chi connectivity index (χ0) is 18.2. The maximum Gasteiger partial charge on any atom is 0.142 e. The van der Waals surface area contributed by atoms with E-state index in [2.05, 4.69) is 46.2 Å². The molecule has 1 fully saturated rings. The summed E-state index contributed by atoms with van der Waals surface area (Å²) in [5.74, 6) is 2.73. The van der Waals surface area contributed by atoms with Gasteiger partial charge in [0.05, 0.1) is 19.4 Å². The van der Waals surface area contributed by atoms with Gasteiger partial charge >= 0.3 is 0 Å². The first kappa shape index (κ1) is 16.9. The van der Waals surface area contributed by atoms with Crippen LogP contribution in [0.4, 0.5) is 5.69 Å². The molecule has 4 heteroatoms. The second-order valence-corrected chi connectivity index (χ2v) is 7.95. The smallest absolute Gasteiger partial charge is 0.142 e. The number of aryl methyl sites for hydroxylation is 1. The molecule has 1 saturated heterocycles. The summed E-state index contributed by atoms with van der Waals surface area (Å²) >= 11 is 0. The number of anilines is 1. The number of ether oxygens (including phenoxy) is 2. The Labute approximate surface area is 161 Å². The number of hydrogen-bond donors (Lipinski definition) is 0. The summed E-state index contributed by atoms with van der Waals surface area (Å²) in [7, 11) is 1.77. The maximum absolute atomic E-state index is 5.78. The molecule has 1 atom stereocenters. The average molecular weight is 364 g/mol. The standard InChI is InChI=1S/C23H28N2O2/c1-26-23-14-18-8-13-27-22(18)15-21(23)25-11-9-24(10-12-25)16-19-7-6-17-4-2-3-5-20(17)19/h2-5,14-15,19H,6-13,16H2,1H3. The van der Waals surface area contributed by atoms with Gasteiger partial charge in [-0.1, -0.05) is 24.3 Å². The van der Waals surface area contributed by atoms with Crippen molar-refractivity contribution in [3.05, 3.63) is 53.1 Å². The molecule has 1 unspecified atom stereocenters. The molecule has 2 aliphatic heterocycles. The summed E-state index contributed by atoms with van der Waals surface area (Å²) in [4.78, 5) is 5.10. The fourth-order valence-electron chi connectivity index (χ4n) is 4.92. The van der Waals surface area contributed by atoms with Gasteiger partial charge in [-0.25, -0.2) is 0 Å². The molecule has 0 N–H and O–H groups in total. The molecule has 0 amide bonds. The van der Waals surface area contributed by atoms with Gasteiger partial charge in [-0.2, -0.15) is 0 Å². The monoisotopic (exact) mass is 364 g/mol. The third-order valence-corrected chi connectivity index (χ3v) is 6.44. The maximum atomic E-state index is 5.78. The highest BCUT2D eigenvalue weighted by Crippen LogP contribution is 2.39. The predicted molar refractivity (Wildman–Crippen MR) is 108 cm³/mol. The van der Waals surface area contributed by atoms with Gasteiger partial charge in [0, 0.05) is 50.8 Å². The fraction of sp³-hybridized carbons (Fsp3) is 0.478. The van der Waals surface area contributed by atoms with Crippen LogP contribution < -0.4 is 14.4 Å². The average Bonchev–Trinajstić information content (AvgIpc) is 3.34. The molecular weight excluding hydrogens is 336 g/mol. The number of rotatable bonds is 4. The lowest BCUT2D eigenvalue weighted by Gasteiger charge is -2.37. The number of piperazine rings is 1. The van der Waals surface area contributed by atoms with E-state index in [-0.39, 0.29) is 0 Å². The van der Waals surface area contributed by atoms with E-state index in [4.69, 9.17) is 9.47 Å². The largest absolute Gasteiger partial charge is 0.495 e. The molecule has 1 aliphatic carbocycles. The van der Waals surface area contributed by atoms with E-state index < -0.39 is 0 Å².